The molecule has 2 unspecified atom stereocenters. The zero-order valence-corrected chi connectivity index (χ0v) is 30.3. The summed E-state index contributed by atoms with van der Waals surface area (Å²) in [5.74, 6) is -0.439. The summed E-state index contributed by atoms with van der Waals surface area (Å²) in [6, 6.07) is 17.7. The number of benzene rings is 3. The predicted octanol–water partition coefficient (Wildman–Crippen LogP) is 4.11. The van der Waals surface area contributed by atoms with Gasteiger partial charge in [-0.1, -0.05) is 54.1 Å². The number of hydrogen-bond donors (Lipinski definition) is 5. The van der Waals surface area contributed by atoms with Crippen molar-refractivity contribution in [2.45, 2.75) is 67.1 Å². The number of primary sulfonamides is 1. The van der Waals surface area contributed by atoms with Crippen molar-refractivity contribution < 1.29 is 50.2 Å². The van der Waals surface area contributed by atoms with E-state index in [9.17, 15) is 41.0 Å². The highest BCUT2D eigenvalue weighted by atomic mass is 35.5. The summed E-state index contributed by atoms with van der Waals surface area (Å²) in [7, 11) is -12.3. The monoisotopic (exact) mass is 769 g/mol. The molecule has 50 heavy (non-hydrogen) atoms. The number of nitrogens with zero attached hydrogens (tertiary/aromatic N) is 1. The van der Waals surface area contributed by atoms with Crippen LogP contribution < -0.4 is 19.9 Å². The van der Waals surface area contributed by atoms with Crippen molar-refractivity contribution >= 4 is 56.7 Å². The molecule has 270 valence electrons. The average Bonchev–Trinajstić information content (AvgIpc) is 3.36. The minimum Gasteiger partial charge on any atom is -0.484 e. The summed E-state index contributed by atoms with van der Waals surface area (Å²) < 4.78 is 70.0. The van der Waals surface area contributed by atoms with E-state index in [2.05, 4.69) is 10.0 Å². The summed E-state index contributed by atoms with van der Waals surface area (Å²) in [5, 5.41) is 18.1. The molecule has 2 amide bonds. The Morgan fingerprint density at radius 1 is 1.08 bits per heavy atom. The van der Waals surface area contributed by atoms with E-state index in [1.54, 1.807) is 31.2 Å². The topological polar surface area (TPSA) is 219 Å². The quantitative estimate of drug-likeness (QED) is 0.100. The van der Waals surface area contributed by atoms with E-state index in [-0.39, 0.29) is 41.2 Å². The summed E-state index contributed by atoms with van der Waals surface area (Å²) in [5.41, 5.74) is 1.91. The van der Waals surface area contributed by atoms with Crippen LogP contribution in [-0.4, -0.2) is 80.5 Å². The number of hydrogen-bond acceptors (Lipinski definition) is 9. The summed E-state index contributed by atoms with van der Waals surface area (Å²) in [4.78, 5) is 35.8. The Labute approximate surface area is 295 Å². The Kier molecular flexibility index (Phi) is 11.2. The number of carbonyl (C=O) groups excluding carboxylic acids is 1. The fourth-order valence-electron chi connectivity index (χ4n) is 6.47. The van der Waals surface area contributed by atoms with Gasteiger partial charge >= 0.3 is 12.0 Å². The number of rotatable bonds is 12. The highest BCUT2D eigenvalue weighted by molar-refractivity contribution is 7.90. The Morgan fingerprint density at radius 3 is 2.40 bits per heavy atom. The Balaban J connectivity index is 1.19. The molecule has 0 aliphatic carbocycles. The highest BCUT2D eigenvalue weighted by Gasteiger charge is 2.58. The average molecular weight is 770 g/mol. The SMILES string of the molecule is C[C@@H]1C[C@@H](Oc2ccc(CC3Nc4cc(Cl)c(S(N)(=O)=O)cc4S(=O)(=O)N3)cc2)C[N@+]1(C(=O)O)C(=O)CP(=O)(O)CCCCc1ccccc1. The summed E-state index contributed by atoms with van der Waals surface area (Å²) in [6.45, 7) is 1.40. The van der Waals surface area contributed by atoms with Gasteiger partial charge < -0.3 is 20.1 Å². The number of carbonyl (C=O) groups is 2. The molecule has 0 spiro atoms. The second kappa shape index (κ2) is 14.7. The molecule has 3 aromatic rings. The minimum absolute atomic E-state index is 0.0799. The number of anilines is 1. The van der Waals surface area contributed by atoms with Crippen molar-refractivity contribution in [3.05, 3.63) is 82.9 Å². The molecular formula is C32H39ClN4O10PS2+. The molecule has 0 radical (unpaired) electrons. The van der Waals surface area contributed by atoms with Gasteiger partial charge in [0.15, 0.2) is 6.10 Å². The number of imide groups is 1. The minimum atomic E-state index is -4.26. The van der Waals surface area contributed by atoms with Crippen LogP contribution in [0.1, 0.15) is 37.3 Å². The Bertz CT molecular complexity index is 2040. The Morgan fingerprint density at radius 2 is 1.76 bits per heavy atom. The molecule has 0 aromatic heterocycles. The number of fused-ring (bicyclic) bond motifs is 1. The van der Waals surface area contributed by atoms with E-state index in [1.165, 1.54) is 6.07 Å². The van der Waals surface area contributed by atoms with Crippen molar-refractivity contribution in [3.8, 4) is 5.75 Å². The van der Waals surface area contributed by atoms with Crippen LogP contribution in [0.15, 0.2) is 76.5 Å². The maximum absolute atomic E-state index is 13.4. The van der Waals surface area contributed by atoms with E-state index >= 15 is 0 Å². The van der Waals surface area contributed by atoms with Crippen LogP contribution in [-0.2, 0) is 42.2 Å². The van der Waals surface area contributed by atoms with Crippen LogP contribution in [0.3, 0.4) is 0 Å². The Hall–Kier alpha value is -3.34. The van der Waals surface area contributed by atoms with Crippen molar-refractivity contribution in [3.63, 3.8) is 0 Å². The normalized spacial score (nSPS) is 24.0. The largest absolute Gasteiger partial charge is 0.521 e. The molecule has 14 nitrogen and oxygen atoms in total. The molecule has 5 atom stereocenters. The van der Waals surface area contributed by atoms with Crippen LogP contribution in [0, 0.1) is 0 Å². The number of quaternary nitrogens is 1. The molecule has 2 aliphatic heterocycles. The molecule has 3 aromatic carbocycles. The van der Waals surface area contributed by atoms with Crippen molar-refractivity contribution in [2.24, 2.45) is 5.14 Å². The van der Waals surface area contributed by atoms with E-state index in [0.717, 1.165) is 18.1 Å². The lowest BCUT2D eigenvalue weighted by Gasteiger charge is -2.30. The number of aryl methyl sites for hydroxylation is 1. The van der Waals surface area contributed by atoms with Gasteiger partial charge in [0.25, 0.3) is 0 Å². The van der Waals surface area contributed by atoms with E-state index in [0.29, 0.717) is 24.2 Å². The summed E-state index contributed by atoms with van der Waals surface area (Å²) >= 11 is 6.06. The zero-order valence-electron chi connectivity index (χ0n) is 27.1. The first-order valence-electron chi connectivity index (χ1n) is 15.8. The number of ether oxygens (including phenoxy) is 1. The third-order valence-electron chi connectivity index (χ3n) is 9.01. The molecule has 1 fully saturated rings. The number of likely N-dealkylation sites (tertiary alicyclic amines) is 1. The molecular weight excluding hydrogens is 731 g/mol. The van der Waals surface area contributed by atoms with Gasteiger partial charge in [0.1, 0.15) is 34.3 Å². The first-order valence-corrected chi connectivity index (χ1v) is 21.2. The van der Waals surface area contributed by atoms with Gasteiger partial charge in [-0.15, -0.1) is 0 Å². The van der Waals surface area contributed by atoms with Crippen LogP contribution in [0.5, 0.6) is 5.75 Å². The van der Waals surface area contributed by atoms with Crippen LogP contribution in [0.2, 0.25) is 5.02 Å². The van der Waals surface area contributed by atoms with E-state index in [4.69, 9.17) is 21.5 Å². The summed E-state index contributed by atoms with van der Waals surface area (Å²) in [6.07, 6.45) is -1.49. The maximum Gasteiger partial charge on any atom is 0.521 e. The fourth-order valence-corrected chi connectivity index (χ4v) is 10.5. The van der Waals surface area contributed by atoms with Gasteiger partial charge in [0.05, 0.1) is 16.9 Å². The molecule has 1 saturated heterocycles. The molecule has 18 heteroatoms. The van der Waals surface area contributed by atoms with Gasteiger partial charge in [0, 0.05) is 19.0 Å². The predicted molar refractivity (Wildman–Crippen MR) is 186 cm³/mol. The number of halogens is 1. The first-order chi connectivity index (χ1) is 23.4. The third kappa shape index (κ3) is 8.57. The molecule has 0 saturated carbocycles. The third-order valence-corrected chi connectivity index (χ3v) is 13.7. The number of nitrogens with one attached hydrogen (secondary N) is 2. The van der Waals surface area contributed by atoms with Crippen LogP contribution >= 0.6 is 19.0 Å². The van der Waals surface area contributed by atoms with E-state index in [1.807, 2.05) is 30.3 Å². The zero-order chi connectivity index (χ0) is 36.5. The smallest absolute Gasteiger partial charge is 0.484 e. The molecule has 5 rings (SSSR count). The van der Waals surface area contributed by atoms with Crippen molar-refractivity contribution in [1.82, 2.24) is 4.72 Å². The van der Waals surface area contributed by atoms with Gasteiger partial charge in [-0.2, -0.15) is 14.0 Å². The number of amides is 2. The number of nitrogens with two attached hydrogens (primary N) is 1. The first kappa shape index (κ1) is 37.9. The van der Waals surface area contributed by atoms with Crippen molar-refractivity contribution in [2.75, 3.05) is 24.2 Å². The number of carboxylic acid groups (broad SMARTS) is 1. The second-order valence-corrected chi connectivity index (χ2v) is 18.8. The van der Waals surface area contributed by atoms with Gasteiger partial charge in [0.2, 0.25) is 27.4 Å². The van der Waals surface area contributed by atoms with Crippen LogP contribution in [0.25, 0.3) is 0 Å². The van der Waals surface area contributed by atoms with Crippen molar-refractivity contribution in [1.29, 1.82) is 0 Å². The second-order valence-electron chi connectivity index (χ2n) is 12.7. The number of sulfonamides is 2. The van der Waals surface area contributed by atoms with Gasteiger partial charge in [-0.25, -0.2) is 26.8 Å². The van der Waals surface area contributed by atoms with E-state index < -0.39 is 73.3 Å². The standard InChI is InChI=1S/C32H38ClN4O10PS2/c1-21-15-25(19-37(21,32(39)40)31(38)20-48(41,42)14-6-5-9-22-7-3-2-4-8-22)47-24-12-10-23(11-13-24)16-30-35-27-17-26(33)28(49(34,43)44)18-29(27)50(45,46)36-30/h2-4,7-8,10-13,17-18,21,25,30,35-36H,5-6,9,14-16,19-20H2,1H3,(H3-,34,39,40,41,42,43,44)/p+1/t21-,25-,30?,37-/m1/s1. The number of unbranched alkanes of at least 4 members (excludes halogenated alkanes) is 1. The molecule has 6 N–H and O–H groups in total. The molecule has 2 heterocycles. The lowest BCUT2D eigenvalue weighted by Crippen LogP contribution is -2.60. The van der Waals surface area contributed by atoms with Crippen LogP contribution in [0.4, 0.5) is 10.5 Å². The molecule has 0 bridgehead atoms. The maximum atomic E-state index is 13.4. The van der Waals surface area contributed by atoms with Gasteiger partial charge in [-0.3, -0.25) is 4.57 Å². The lowest BCUT2D eigenvalue weighted by molar-refractivity contribution is -0.792. The molecule has 2 aliphatic rings. The highest BCUT2D eigenvalue weighted by Crippen LogP contribution is 2.44. The fraction of sp³-hybridized carbons (Fsp3) is 0.375. The lowest BCUT2D eigenvalue weighted by atomic mass is 10.1. The van der Waals surface area contributed by atoms with Gasteiger partial charge in [-0.05, 0) is 61.6 Å².